The Kier molecular flexibility index (Phi) is 5.57. The second-order valence-electron chi connectivity index (χ2n) is 8.31. The van der Waals surface area contributed by atoms with E-state index < -0.39 is 16.0 Å². The van der Waals surface area contributed by atoms with Crippen LogP contribution in [0.2, 0.25) is 0 Å². The molecule has 5 rings (SSSR count). The number of hydrogen-bond acceptors (Lipinski definition) is 5. The van der Waals surface area contributed by atoms with Gasteiger partial charge in [-0.3, -0.25) is 0 Å². The van der Waals surface area contributed by atoms with Gasteiger partial charge in [-0.1, -0.05) is 35.9 Å². The Morgan fingerprint density at radius 3 is 2.26 bits per heavy atom. The molecule has 7 heteroatoms. The van der Waals surface area contributed by atoms with Crippen LogP contribution in [0.4, 0.5) is 0 Å². The first-order chi connectivity index (χ1) is 16.8. The van der Waals surface area contributed by atoms with Crippen molar-refractivity contribution in [3.63, 3.8) is 0 Å². The van der Waals surface area contributed by atoms with E-state index >= 15 is 0 Å². The van der Waals surface area contributed by atoms with Gasteiger partial charge in [0, 0.05) is 17.1 Å². The third-order valence-electron chi connectivity index (χ3n) is 6.13. The molecule has 0 atom stereocenters. The number of benzene rings is 4. The topological polar surface area (TPSA) is 74.6 Å². The fraction of sp³-hybridized carbons (Fsp3) is 0.107. The van der Waals surface area contributed by atoms with Crippen molar-refractivity contribution < 1.29 is 22.7 Å². The zero-order valence-electron chi connectivity index (χ0n) is 19.5. The Balaban J connectivity index is 1.76. The lowest BCUT2D eigenvalue weighted by atomic mass is 10.00. The summed E-state index contributed by atoms with van der Waals surface area (Å²) < 4.78 is 38.7. The number of fused-ring (bicyclic) bond motifs is 2. The summed E-state index contributed by atoms with van der Waals surface area (Å²) in [6.07, 6.45) is 1.62. The molecule has 0 amide bonds. The molecular formula is C28H23NO5S. The van der Waals surface area contributed by atoms with Crippen LogP contribution < -0.4 is 4.74 Å². The minimum absolute atomic E-state index is 0.189. The smallest absolute Gasteiger partial charge is 0.337 e. The van der Waals surface area contributed by atoms with Crippen LogP contribution in [-0.2, 0) is 14.8 Å². The fourth-order valence-electron chi connectivity index (χ4n) is 4.22. The third kappa shape index (κ3) is 3.94. The first-order valence-corrected chi connectivity index (χ1v) is 12.4. The van der Waals surface area contributed by atoms with Crippen molar-refractivity contribution >= 4 is 37.7 Å². The molecule has 0 aliphatic heterocycles. The van der Waals surface area contributed by atoms with Gasteiger partial charge in [-0.15, -0.1) is 0 Å². The molecule has 0 fully saturated rings. The maximum absolute atomic E-state index is 13.6. The van der Waals surface area contributed by atoms with Gasteiger partial charge < -0.3 is 9.47 Å². The van der Waals surface area contributed by atoms with Crippen molar-refractivity contribution in [1.29, 1.82) is 0 Å². The number of ether oxygens (including phenoxy) is 2. The number of hydrogen-bond donors (Lipinski definition) is 0. The van der Waals surface area contributed by atoms with E-state index in [9.17, 15) is 13.2 Å². The van der Waals surface area contributed by atoms with Crippen molar-refractivity contribution in [3.8, 4) is 16.9 Å². The number of carbonyl (C=O) groups is 1. The van der Waals surface area contributed by atoms with E-state index in [-0.39, 0.29) is 4.90 Å². The van der Waals surface area contributed by atoms with Crippen LogP contribution >= 0.6 is 0 Å². The fourth-order valence-corrected chi connectivity index (χ4v) is 5.59. The van der Waals surface area contributed by atoms with E-state index in [4.69, 9.17) is 9.47 Å². The number of esters is 1. The maximum atomic E-state index is 13.6. The molecule has 0 spiro atoms. The quantitative estimate of drug-likeness (QED) is 0.294. The summed E-state index contributed by atoms with van der Waals surface area (Å²) in [7, 11) is -0.935. The van der Waals surface area contributed by atoms with Gasteiger partial charge in [0.2, 0.25) is 0 Å². The summed E-state index contributed by atoms with van der Waals surface area (Å²) >= 11 is 0. The highest BCUT2D eigenvalue weighted by molar-refractivity contribution is 7.90. The highest BCUT2D eigenvalue weighted by atomic mass is 32.2. The molecule has 0 aliphatic carbocycles. The molecular weight excluding hydrogens is 462 g/mol. The predicted octanol–water partition coefficient (Wildman–Crippen LogP) is 5.80. The average Bonchev–Trinajstić information content (AvgIpc) is 3.27. The minimum Gasteiger partial charge on any atom is -0.497 e. The van der Waals surface area contributed by atoms with Gasteiger partial charge in [0.25, 0.3) is 10.0 Å². The summed E-state index contributed by atoms with van der Waals surface area (Å²) in [4.78, 5) is 12.4. The number of rotatable bonds is 5. The lowest BCUT2D eigenvalue weighted by Gasteiger charge is -2.08. The first-order valence-electron chi connectivity index (χ1n) is 11.0. The Morgan fingerprint density at radius 1 is 0.829 bits per heavy atom. The van der Waals surface area contributed by atoms with Gasteiger partial charge in [-0.25, -0.2) is 17.2 Å². The molecule has 0 unspecified atom stereocenters. The zero-order valence-corrected chi connectivity index (χ0v) is 20.3. The standard InChI is InChI=1S/C28H23NO5S/c1-18-4-11-24(12-5-18)35(31,32)29-17-26(25-16-22(28(30)34-3)9-13-27(25)29)21-7-6-20-15-23(33-2)10-8-19(20)14-21/h4-17H,1-3H3. The van der Waals surface area contributed by atoms with Gasteiger partial charge in [-0.05, 0) is 71.8 Å². The van der Waals surface area contributed by atoms with Gasteiger partial charge in [0.1, 0.15) is 5.75 Å². The van der Waals surface area contributed by atoms with Crippen LogP contribution in [-0.4, -0.2) is 32.6 Å². The highest BCUT2D eigenvalue weighted by Crippen LogP contribution is 2.36. The van der Waals surface area contributed by atoms with Crippen LogP contribution in [0, 0.1) is 6.92 Å². The second kappa shape index (κ2) is 8.60. The Morgan fingerprint density at radius 2 is 1.54 bits per heavy atom. The van der Waals surface area contributed by atoms with Gasteiger partial charge >= 0.3 is 5.97 Å². The Bertz CT molecular complexity index is 1700. The van der Waals surface area contributed by atoms with Crippen LogP contribution in [0.25, 0.3) is 32.8 Å². The van der Waals surface area contributed by atoms with E-state index in [1.807, 2.05) is 43.3 Å². The summed E-state index contributed by atoms with van der Waals surface area (Å²) in [6, 6.07) is 23.3. The third-order valence-corrected chi connectivity index (χ3v) is 7.82. The number of methoxy groups -OCH3 is 2. The highest BCUT2D eigenvalue weighted by Gasteiger charge is 2.23. The largest absolute Gasteiger partial charge is 0.497 e. The molecule has 0 N–H and O–H groups in total. The maximum Gasteiger partial charge on any atom is 0.337 e. The van der Waals surface area contributed by atoms with E-state index in [2.05, 4.69) is 0 Å². The molecule has 5 aromatic rings. The lowest BCUT2D eigenvalue weighted by Crippen LogP contribution is -2.12. The molecule has 0 radical (unpaired) electrons. The molecule has 1 aromatic heterocycles. The summed E-state index contributed by atoms with van der Waals surface area (Å²) in [5.41, 5.74) is 3.31. The van der Waals surface area contributed by atoms with Crippen LogP contribution in [0.15, 0.2) is 90.0 Å². The molecule has 4 aromatic carbocycles. The van der Waals surface area contributed by atoms with Crippen molar-refractivity contribution in [2.45, 2.75) is 11.8 Å². The molecule has 35 heavy (non-hydrogen) atoms. The van der Waals surface area contributed by atoms with Crippen LogP contribution in [0.3, 0.4) is 0 Å². The normalized spacial score (nSPS) is 11.6. The predicted molar refractivity (Wildman–Crippen MR) is 137 cm³/mol. The Hall–Kier alpha value is -4.10. The number of aryl methyl sites for hydroxylation is 1. The zero-order chi connectivity index (χ0) is 24.7. The van der Waals surface area contributed by atoms with Gasteiger partial charge in [-0.2, -0.15) is 0 Å². The second-order valence-corrected chi connectivity index (χ2v) is 10.1. The molecule has 6 nitrogen and oxygen atoms in total. The summed E-state index contributed by atoms with van der Waals surface area (Å²) in [5.74, 6) is 0.270. The molecule has 176 valence electrons. The lowest BCUT2D eigenvalue weighted by molar-refractivity contribution is 0.0601. The van der Waals surface area contributed by atoms with Gasteiger partial charge in [0.05, 0.1) is 30.2 Å². The molecule has 0 saturated carbocycles. The Labute approximate surface area is 203 Å². The summed E-state index contributed by atoms with van der Waals surface area (Å²) in [6.45, 7) is 1.91. The SMILES string of the molecule is COC(=O)c1ccc2c(c1)c(-c1ccc3cc(OC)ccc3c1)cn2S(=O)(=O)c1ccc(C)cc1. The molecule has 0 saturated heterocycles. The van der Waals surface area contributed by atoms with Crippen molar-refractivity contribution in [3.05, 3.63) is 96.2 Å². The van der Waals surface area contributed by atoms with Crippen molar-refractivity contribution in [1.82, 2.24) is 3.97 Å². The van der Waals surface area contributed by atoms with E-state index in [1.54, 1.807) is 55.8 Å². The number of aromatic nitrogens is 1. The van der Waals surface area contributed by atoms with Crippen molar-refractivity contribution in [2.24, 2.45) is 0 Å². The molecule has 1 heterocycles. The molecule has 0 aliphatic rings. The minimum atomic E-state index is -3.88. The van der Waals surface area contributed by atoms with E-state index in [1.165, 1.54) is 11.1 Å². The monoisotopic (exact) mass is 485 g/mol. The van der Waals surface area contributed by atoms with Crippen LogP contribution in [0.5, 0.6) is 5.75 Å². The van der Waals surface area contributed by atoms with Crippen LogP contribution in [0.1, 0.15) is 15.9 Å². The van der Waals surface area contributed by atoms with E-state index in [0.717, 1.165) is 27.6 Å². The van der Waals surface area contributed by atoms with Gasteiger partial charge in [0.15, 0.2) is 0 Å². The molecule has 0 bridgehead atoms. The van der Waals surface area contributed by atoms with E-state index in [0.29, 0.717) is 22.0 Å². The van der Waals surface area contributed by atoms with Crippen molar-refractivity contribution in [2.75, 3.05) is 14.2 Å². The number of nitrogens with zero attached hydrogens (tertiary/aromatic N) is 1. The first kappa shape index (κ1) is 22.7. The summed E-state index contributed by atoms with van der Waals surface area (Å²) in [5, 5.41) is 2.62. The number of carbonyl (C=O) groups excluding carboxylic acids is 1. The average molecular weight is 486 g/mol.